The second-order valence-electron chi connectivity index (χ2n) is 4.30. The van der Waals surface area contributed by atoms with E-state index in [-0.39, 0.29) is 0 Å². The topological polar surface area (TPSA) is 76.3 Å². The van der Waals surface area contributed by atoms with Crippen LogP contribution in [0.25, 0.3) is 21.8 Å². The van der Waals surface area contributed by atoms with Crippen LogP contribution in [0.5, 0.6) is 11.5 Å². The molecule has 3 aromatic rings. The summed E-state index contributed by atoms with van der Waals surface area (Å²) in [7, 11) is 4.48. The average Bonchev–Trinajstić information content (AvgIpc) is 3.10. The molecule has 0 fully saturated rings. The summed E-state index contributed by atoms with van der Waals surface area (Å²) < 4.78 is 15.6. The molecule has 0 bridgehead atoms. The first kappa shape index (κ1) is 12.4. The first-order valence-corrected chi connectivity index (χ1v) is 6.03. The molecule has 0 unspecified atom stereocenters. The van der Waals surface area contributed by atoms with Gasteiger partial charge in [-0.1, -0.05) is 0 Å². The van der Waals surface area contributed by atoms with Crippen molar-refractivity contribution in [3.05, 3.63) is 24.0 Å². The Morgan fingerprint density at radius 1 is 1.05 bits per heavy atom. The summed E-state index contributed by atoms with van der Waals surface area (Å²) in [6.07, 6.45) is 1.82. The molecule has 2 N–H and O–H groups in total. The SMILES string of the molecule is COC(=O)c1cc2c([nH]1)c(OC)c(OC)c1[nH]ccc12. The molecule has 2 heterocycles. The average molecular weight is 274 g/mol. The molecular formula is C14H14N2O4. The number of hydrogen-bond donors (Lipinski definition) is 2. The molecule has 6 nitrogen and oxygen atoms in total. The number of methoxy groups -OCH3 is 3. The maximum atomic E-state index is 11.7. The minimum absolute atomic E-state index is 0.372. The Kier molecular flexibility index (Phi) is 2.78. The van der Waals surface area contributed by atoms with Gasteiger partial charge >= 0.3 is 5.97 Å². The van der Waals surface area contributed by atoms with Crippen molar-refractivity contribution in [1.82, 2.24) is 9.97 Å². The minimum Gasteiger partial charge on any atom is -0.491 e. The van der Waals surface area contributed by atoms with E-state index in [0.717, 1.165) is 16.3 Å². The molecule has 0 saturated heterocycles. The summed E-state index contributed by atoms with van der Waals surface area (Å²) in [6, 6.07) is 3.67. The highest BCUT2D eigenvalue weighted by atomic mass is 16.5. The molecular weight excluding hydrogens is 260 g/mol. The summed E-state index contributed by atoms with van der Waals surface area (Å²) in [5, 5.41) is 1.82. The lowest BCUT2D eigenvalue weighted by Crippen LogP contribution is -2.00. The molecule has 0 saturated carbocycles. The molecule has 0 atom stereocenters. The number of carbonyl (C=O) groups excluding carboxylic acids is 1. The Morgan fingerprint density at radius 3 is 2.40 bits per heavy atom. The third-order valence-corrected chi connectivity index (χ3v) is 3.33. The summed E-state index contributed by atoms with van der Waals surface area (Å²) in [5.41, 5.74) is 1.90. The van der Waals surface area contributed by atoms with Crippen LogP contribution in [0, 0.1) is 0 Å². The second-order valence-corrected chi connectivity index (χ2v) is 4.30. The maximum Gasteiger partial charge on any atom is 0.354 e. The molecule has 3 rings (SSSR count). The summed E-state index contributed by atoms with van der Waals surface area (Å²) in [6.45, 7) is 0. The molecule has 1 aromatic carbocycles. The molecule has 2 aromatic heterocycles. The third-order valence-electron chi connectivity index (χ3n) is 3.33. The molecule has 104 valence electrons. The first-order valence-electron chi connectivity index (χ1n) is 6.03. The van der Waals surface area contributed by atoms with Gasteiger partial charge in [0, 0.05) is 17.0 Å². The Balaban J connectivity index is 2.44. The highest BCUT2D eigenvalue weighted by molar-refractivity contribution is 6.13. The van der Waals surface area contributed by atoms with Crippen LogP contribution in [0.15, 0.2) is 18.3 Å². The van der Waals surface area contributed by atoms with Gasteiger partial charge in [-0.15, -0.1) is 0 Å². The Hall–Kier alpha value is -2.63. The number of nitrogens with one attached hydrogen (secondary N) is 2. The van der Waals surface area contributed by atoms with Crippen LogP contribution in [0.1, 0.15) is 10.5 Å². The molecule has 0 spiro atoms. The highest BCUT2D eigenvalue weighted by Crippen LogP contribution is 2.42. The van der Waals surface area contributed by atoms with Crippen LogP contribution >= 0.6 is 0 Å². The number of fused-ring (bicyclic) bond motifs is 3. The summed E-state index contributed by atoms with van der Waals surface area (Å²) in [5.74, 6) is 0.719. The number of esters is 1. The van der Waals surface area contributed by atoms with Crippen LogP contribution in [-0.4, -0.2) is 37.3 Å². The fraction of sp³-hybridized carbons (Fsp3) is 0.214. The number of rotatable bonds is 3. The predicted molar refractivity (Wildman–Crippen MR) is 74.6 cm³/mol. The number of H-pyrrole nitrogens is 2. The van der Waals surface area contributed by atoms with Crippen LogP contribution in [0.2, 0.25) is 0 Å². The van der Waals surface area contributed by atoms with Gasteiger partial charge in [-0.25, -0.2) is 4.79 Å². The van der Waals surface area contributed by atoms with Crippen molar-refractivity contribution in [1.29, 1.82) is 0 Å². The molecule has 0 aliphatic rings. The lowest BCUT2D eigenvalue weighted by Gasteiger charge is -2.10. The number of aromatic nitrogens is 2. The Labute approximate surface area is 114 Å². The molecule has 0 aliphatic heterocycles. The van der Waals surface area contributed by atoms with Crippen LogP contribution in [-0.2, 0) is 4.74 Å². The summed E-state index contributed by atoms with van der Waals surface area (Å²) in [4.78, 5) is 17.8. The van der Waals surface area contributed by atoms with Gasteiger partial charge in [-0.2, -0.15) is 0 Å². The van der Waals surface area contributed by atoms with E-state index in [1.807, 2.05) is 12.3 Å². The quantitative estimate of drug-likeness (QED) is 0.719. The van der Waals surface area contributed by atoms with Crippen molar-refractivity contribution < 1.29 is 19.0 Å². The van der Waals surface area contributed by atoms with Gasteiger partial charge in [0.05, 0.1) is 32.4 Å². The largest absolute Gasteiger partial charge is 0.491 e. The van der Waals surface area contributed by atoms with Gasteiger partial charge < -0.3 is 24.2 Å². The Bertz CT molecular complexity index is 800. The van der Waals surface area contributed by atoms with Gasteiger partial charge in [-0.3, -0.25) is 0 Å². The molecule has 0 aliphatic carbocycles. The van der Waals surface area contributed by atoms with Crippen LogP contribution in [0.3, 0.4) is 0 Å². The van der Waals surface area contributed by atoms with E-state index in [0.29, 0.717) is 22.7 Å². The van der Waals surface area contributed by atoms with Gasteiger partial charge in [0.25, 0.3) is 0 Å². The van der Waals surface area contributed by atoms with Crippen molar-refractivity contribution in [3.63, 3.8) is 0 Å². The van der Waals surface area contributed by atoms with E-state index in [1.54, 1.807) is 20.3 Å². The van der Waals surface area contributed by atoms with Crippen molar-refractivity contribution >= 4 is 27.8 Å². The zero-order chi connectivity index (χ0) is 14.3. The number of hydrogen-bond acceptors (Lipinski definition) is 4. The minimum atomic E-state index is -0.425. The lowest BCUT2D eigenvalue weighted by molar-refractivity contribution is 0.0595. The van der Waals surface area contributed by atoms with Gasteiger partial charge in [0.15, 0.2) is 11.5 Å². The van der Waals surface area contributed by atoms with Gasteiger partial charge in [0.1, 0.15) is 5.69 Å². The standard InChI is InChI=1S/C14H14N2O4/c1-18-12-10-7(4-5-15-10)8-6-9(14(17)20-3)16-11(8)13(12)19-2/h4-6,15-16H,1-3H3. The zero-order valence-corrected chi connectivity index (χ0v) is 11.4. The lowest BCUT2D eigenvalue weighted by atomic mass is 10.1. The Morgan fingerprint density at radius 2 is 1.75 bits per heavy atom. The monoisotopic (exact) mass is 274 g/mol. The fourth-order valence-corrected chi connectivity index (χ4v) is 2.46. The third kappa shape index (κ3) is 1.54. The second kappa shape index (κ2) is 4.48. The highest BCUT2D eigenvalue weighted by Gasteiger charge is 2.20. The fourth-order valence-electron chi connectivity index (χ4n) is 2.46. The van der Waals surface area contributed by atoms with Crippen molar-refractivity contribution in [3.8, 4) is 11.5 Å². The van der Waals surface area contributed by atoms with Gasteiger partial charge in [0.2, 0.25) is 0 Å². The normalized spacial score (nSPS) is 10.9. The van der Waals surface area contributed by atoms with E-state index in [2.05, 4.69) is 9.97 Å². The molecule has 0 amide bonds. The number of carbonyl (C=O) groups is 1. The van der Waals surface area contributed by atoms with E-state index in [4.69, 9.17) is 14.2 Å². The molecule has 20 heavy (non-hydrogen) atoms. The van der Waals surface area contributed by atoms with Crippen molar-refractivity contribution in [2.75, 3.05) is 21.3 Å². The summed E-state index contributed by atoms with van der Waals surface area (Å²) >= 11 is 0. The van der Waals surface area contributed by atoms with E-state index in [9.17, 15) is 4.79 Å². The molecule has 6 heteroatoms. The van der Waals surface area contributed by atoms with Crippen LogP contribution < -0.4 is 9.47 Å². The predicted octanol–water partition coefficient (Wildman–Crippen LogP) is 2.45. The van der Waals surface area contributed by atoms with E-state index < -0.39 is 5.97 Å². The first-order chi connectivity index (χ1) is 9.71. The number of aromatic amines is 2. The van der Waals surface area contributed by atoms with E-state index in [1.165, 1.54) is 7.11 Å². The number of ether oxygens (including phenoxy) is 3. The van der Waals surface area contributed by atoms with Crippen molar-refractivity contribution in [2.45, 2.75) is 0 Å². The number of benzene rings is 1. The zero-order valence-electron chi connectivity index (χ0n) is 11.4. The maximum absolute atomic E-state index is 11.7. The molecule has 0 radical (unpaired) electrons. The van der Waals surface area contributed by atoms with Crippen molar-refractivity contribution in [2.24, 2.45) is 0 Å². The van der Waals surface area contributed by atoms with Crippen LogP contribution in [0.4, 0.5) is 0 Å². The smallest absolute Gasteiger partial charge is 0.354 e. The van der Waals surface area contributed by atoms with E-state index >= 15 is 0 Å². The van der Waals surface area contributed by atoms with Gasteiger partial charge in [-0.05, 0) is 12.1 Å².